The van der Waals surface area contributed by atoms with Crippen LogP contribution in [0.2, 0.25) is 0 Å². The van der Waals surface area contributed by atoms with Crippen molar-refractivity contribution in [2.24, 2.45) is 0 Å². The lowest BCUT2D eigenvalue weighted by Crippen LogP contribution is -2.11. The van der Waals surface area contributed by atoms with Gasteiger partial charge < -0.3 is 5.32 Å². The predicted octanol–water partition coefficient (Wildman–Crippen LogP) is 4.05. The Morgan fingerprint density at radius 3 is 2.94 bits per heavy atom. The van der Waals surface area contributed by atoms with Gasteiger partial charge in [-0.25, -0.2) is 4.98 Å². The van der Waals surface area contributed by atoms with E-state index < -0.39 is 0 Å². The Hall–Kier alpha value is -0.230. The molecule has 16 heavy (non-hydrogen) atoms. The molecule has 0 amide bonds. The Morgan fingerprint density at radius 1 is 1.50 bits per heavy atom. The van der Waals surface area contributed by atoms with Gasteiger partial charge in [0, 0.05) is 21.3 Å². The third-order valence-corrected chi connectivity index (χ3v) is 5.22. The van der Waals surface area contributed by atoms with Crippen LogP contribution < -0.4 is 5.32 Å². The molecular formula is C11H13BrN2S2. The first-order chi connectivity index (χ1) is 7.70. The van der Waals surface area contributed by atoms with Crippen molar-refractivity contribution in [2.75, 3.05) is 6.54 Å². The highest BCUT2D eigenvalue weighted by atomic mass is 79.9. The van der Waals surface area contributed by atoms with E-state index in [2.05, 4.69) is 51.5 Å². The largest absolute Gasteiger partial charge is 0.312 e. The fourth-order valence-electron chi connectivity index (χ4n) is 1.36. The van der Waals surface area contributed by atoms with Gasteiger partial charge in [-0.05, 0) is 35.5 Å². The SMILES string of the molecule is CCNCc1sc(-c2cc(Br)cs2)nc1C. The van der Waals surface area contributed by atoms with Crippen LogP contribution in [0.5, 0.6) is 0 Å². The third kappa shape index (κ3) is 2.71. The van der Waals surface area contributed by atoms with E-state index >= 15 is 0 Å². The number of nitrogens with one attached hydrogen (secondary N) is 1. The van der Waals surface area contributed by atoms with Crippen LogP contribution >= 0.6 is 38.6 Å². The van der Waals surface area contributed by atoms with Crippen molar-refractivity contribution in [2.45, 2.75) is 20.4 Å². The van der Waals surface area contributed by atoms with Crippen molar-refractivity contribution in [3.63, 3.8) is 0 Å². The van der Waals surface area contributed by atoms with Crippen molar-refractivity contribution < 1.29 is 0 Å². The molecule has 1 N–H and O–H groups in total. The summed E-state index contributed by atoms with van der Waals surface area (Å²) in [7, 11) is 0. The van der Waals surface area contributed by atoms with Gasteiger partial charge in [0.05, 0.1) is 10.6 Å². The normalized spacial score (nSPS) is 10.9. The molecule has 0 aliphatic carbocycles. The molecule has 0 spiro atoms. The van der Waals surface area contributed by atoms with Gasteiger partial charge >= 0.3 is 0 Å². The number of thiophene rings is 1. The van der Waals surface area contributed by atoms with E-state index in [1.807, 2.05) is 0 Å². The summed E-state index contributed by atoms with van der Waals surface area (Å²) in [6, 6.07) is 2.12. The predicted molar refractivity (Wildman–Crippen MR) is 75.2 cm³/mol. The first kappa shape index (κ1) is 12.2. The highest BCUT2D eigenvalue weighted by Gasteiger charge is 2.10. The number of thiazole rings is 1. The second-order valence-corrected chi connectivity index (χ2v) is 6.35. The zero-order valence-corrected chi connectivity index (χ0v) is 12.4. The van der Waals surface area contributed by atoms with Gasteiger partial charge in [-0.3, -0.25) is 0 Å². The molecule has 0 bridgehead atoms. The fraction of sp³-hybridized carbons (Fsp3) is 0.364. The lowest BCUT2D eigenvalue weighted by molar-refractivity contribution is 0.731. The van der Waals surface area contributed by atoms with Gasteiger partial charge in [-0.2, -0.15) is 0 Å². The minimum absolute atomic E-state index is 0.923. The number of aromatic nitrogens is 1. The van der Waals surface area contributed by atoms with Crippen molar-refractivity contribution >= 4 is 38.6 Å². The average molecular weight is 317 g/mol. The monoisotopic (exact) mass is 316 g/mol. The highest BCUT2D eigenvalue weighted by molar-refractivity contribution is 9.10. The number of hydrogen-bond acceptors (Lipinski definition) is 4. The molecule has 0 fully saturated rings. The van der Waals surface area contributed by atoms with Crippen molar-refractivity contribution in [3.8, 4) is 9.88 Å². The Labute approximate surface area is 112 Å². The molecule has 0 saturated carbocycles. The molecule has 0 aliphatic heterocycles. The number of nitrogens with zero attached hydrogens (tertiary/aromatic N) is 1. The Bertz CT molecular complexity index is 476. The minimum Gasteiger partial charge on any atom is -0.312 e. The third-order valence-electron chi connectivity index (χ3n) is 2.21. The van der Waals surface area contributed by atoms with Gasteiger partial charge in [-0.15, -0.1) is 22.7 Å². The van der Waals surface area contributed by atoms with E-state index in [4.69, 9.17) is 0 Å². The first-order valence-electron chi connectivity index (χ1n) is 5.12. The maximum atomic E-state index is 4.62. The summed E-state index contributed by atoms with van der Waals surface area (Å²) >= 11 is 6.98. The van der Waals surface area contributed by atoms with Crippen LogP contribution in [-0.4, -0.2) is 11.5 Å². The first-order valence-corrected chi connectivity index (χ1v) is 7.61. The minimum atomic E-state index is 0.923. The van der Waals surface area contributed by atoms with Crippen LogP contribution in [0.1, 0.15) is 17.5 Å². The Kier molecular flexibility index (Phi) is 4.13. The zero-order valence-electron chi connectivity index (χ0n) is 9.21. The maximum absolute atomic E-state index is 4.62. The van der Waals surface area contributed by atoms with Crippen LogP contribution in [0, 0.1) is 6.92 Å². The summed E-state index contributed by atoms with van der Waals surface area (Å²) in [5, 5.41) is 6.56. The molecule has 2 nitrogen and oxygen atoms in total. The molecule has 0 aliphatic rings. The van der Waals surface area contributed by atoms with Crippen molar-refractivity contribution in [1.29, 1.82) is 0 Å². The van der Waals surface area contributed by atoms with E-state index in [1.165, 1.54) is 9.75 Å². The van der Waals surface area contributed by atoms with Gasteiger partial charge in [0.25, 0.3) is 0 Å². The molecule has 0 aromatic carbocycles. The standard InChI is InChI=1S/C11H13BrN2S2/c1-3-13-5-10-7(2)14-11(16-10)9-4-8(12)6-15-9/h4,6,13H,3,5H2,1-2H3. The van der Waals surface area contributed by atoms with Crippen LogP contribution in [0.25, 0.3) is 9.88 Å². The van der Waals surface area contributed by atoms with Crippen LogP contribution in [0.15, 0.2) is 15.9 Å². The smallest absolute Gasteiger partial charge is 0.133 e. The number of hydrogen-bond donors (Lipinski definition) is 1. The second-order valence-electron chi connectivity index (χ2n) is 3.44. The summed E-state index contributed by atoms with van der Waals surface area (Å²) in [5.41, 5.74) is 1.14. The summed E-state index contributed by atoms with van der Waals surface area (Å²) < 4.78 is 1.13. The quantitative estimate of drug-likeness (QED) is 0.920. The molecule has 2 aromatic rings. The summed E-state index contributed by atoms with van der Waals surface area (Å²) in [5.74, 6) is 0. The van der Waals surface area contributed by atoms with E-state index in [0.29, 0.717) is 0 Å². The molecule has 2 rings (SSSR count). The average Bonchev–Trinajstić information content (AvgIpc) is 2.82. The van der Waals surface area contributed by atoms with Gasteiger partial charge in [-0.1, -0.05) is 6.92 Å². The van der Waals surface area contributed by atoms with Gasteiger partial charge in [0.1, 0.15) is 5.01 Å². The fourth-order valence-corrected chi connectivity index (χ4v) is 3.88. The van der Waals surface area contributed by atoms with Crippen LogP contribution in [0.3, 0.4) is 0 Å². The Balaban J connectivity index is 2.23. The van der Waals surface area contributed by atoms with Crippen LogP contribution in [0.4, 0.5) is 0 Å². The number of aryl methyl sites for hydroxylation is 1. The summed E-state index contributed by atoms with van der Waals surface area (Å²) in [6.45, 7) is 6.12. The van der Waals surface area contributed by atoms with E-state index in [0.717, 1.165) is 28.3 Å². The topological polar surface area (TPSA) is 24.9 Å². The van der Waals surface area contributed by atoms with Gasteiger partial charge in [0.2, 0.25) is 0 Å². The molecule has 2 aromatic heterocycles. The zero-order chi connectivity index (χ0) is 11.5. The molecule has 0 saturated heterocycles. The molecule has 86 valence electrons. The van der Waals surface area contributed by atoms with Crippen molar-refractivity contribution in [3.05, 3.63) is 26.5 Å². The lowest BCUT2D eigenvalue weighted by atomic mass is 10.4. The number of halogens is 1. The van der Waals surface area contributed by atoms with E-state index in [-0.39, 0.29) is 0 Å². The maximum Gasteiger partial charge on any atom is 0.133 e. The van der Waals surface area contributed by atoms with E-state index in [1.54, 1.807) is 22.7 Å². The molecule has 0 unspecified atom stereocenters. The molecule has 2 heterocycles. The highest BCUT2D eigenvalue weighted by Crippen LogP contribution is 2.34. The molecule has 0 atom stereocenters. The summed E-state index contributed by atoms with van der Waals surface area (Å²) in [4.78, 5) is 7.19. The second kappa shape index (κ2) is 5.40. The number of rotatable bonds is 4. The van der Waals surface area contributed by atoms with Gasteiger partial charge in [0.15, 0.2) is 0 Å². The molecule has 5 heteroatoms. The molecular weight excluding hydrogens is 304 g/mol. The lowest BCUT2D eigenvalue weighted by Gasteiger charge is -1.97. The summed E-state index contributed by atoms with van der Waals surface area (Å²) in [6.07, 6.45) is 0. The Morgan fingerprint density at radius 2 is 2.31 bits per heavy atom. The van der Waals surface area contributed by atoms with E-state index in [9.17, 15) is 0 Å². The van der Waals surface area contributed by atoms with Crippen LogP contribution in [-0.2, 0) is 6.54 Å². The molecule has 0 radical (unpaired) electrons. The van der Waals surface area contributed by atoms with Crippen molar-refractivity contribution in [1.82, 2.24) is 10.3 Å².